The maximum atomic E-state index is 5.75. The maximum absolute atomic E-state index is 5.75. The first kappa shape index (κ1) is 24.3. The van der Waals surface area contributed by atoms with Crippen LogP contribution in [0.3, 0.4) is 0 Å². The smallest absolute Gasteiger partial charge is 0.191 e. The van der Waals surface area contributed by atoms with E-state index < -0.39 is 0 Å². The number of guanidine groups is 1. The van der Waals surface area contributed by atoms with Crippen molar-refractivity contribution in [3.63, 3.8) is 0 Å². The fourth-order valence-corrected chi connectivity index (χ4v) is 4.15. The molecule has 2 N–H and O–H groups in total. The van der Waals surface area contributed by atoms with Crippen molar-refractivity contribution in [2.75, 3.05) is 26.7 Å². The number of rotatable bonds is 8. The van der Waals surface area contributed by atoms with Gasteiger partial charge in [-0.05, 0) is 49.2 Å². The number of nitrogens with one attached hydrogen (secondary N) is 2. The van der Waals surface area contributed by atoms with Crippen molar-refractivity contribution in [3.8, 4) is 0 Å². The predicted molar refractivity (Wildman–Crippen MR) is 138 cm³/mol. The first-order chi connectivity index (χ1) is 15.3. The van der Waals surface area contributed by atoms with Gasteiger partial charge in [0, 0.05) is 39.1 Å². The van der Waals surface area contributed by atoms with E-state index in [4.69, 9.17) is 4.42 Å². The van der Waals surface area contributed by atoms with Crippen LogP contribution < -0.4 is 10.6 Å². The minimum absolute atomic E-state index is 0. The second-order valence-corrected chi connectivity index (χ2v) is 7.99. The lowest BCUT2D eigenvalue weighted by Gasteiger charge is -2.33. The lowest BCUT2D eigenvalue weighted by molar-refractivity contribution is 0.146. The number of benzene rings is 1. The molecule has 1 fully saturated rings. The number of furan rings is 1. The highest BCUT2D eigenvalue weighted by molar-refractivity contribution is 14.0. The number of hydrogen-bond acceptors (Lipinski definition) is 4. The van der Waals surface area contributed by atoms with E-state index in [0.29, 0.717) is 6.54 Å². The minimum Gasteiger partial charge on any atom is -0.468 e. The molecule has 7 nitrogen and oxygen atoms in total. The average molecular weight is 548 g/mol. The summed E-state index contributed by atoms with van der Waals surface area (Å²) < 4.78 is 7.82. The van der Waals surface area contributed by atoms with Crippen LogP contribution in [0.15, 0.2) is 70.8 Å². The molecule has 1 aliphatic rings. The Bertz CT molecular complexity index is 935. The fraction of sp³-hybridized carbons (Fsp3) is 0.417. The molecular weight excluding hydrogens is 515 g/mol. The summed E-state index contributed by atoms with van der Waals surface area (Å²) in [5.74, 6) is 1.81. The van der Waals surface area contributed by atoms with Gasteiger partial charge in [-0.1, -0.05) is 30.7 Å². The van der Waals surface area contributed by atoms with E-state index >= 15 is 0 Å². The van der Waals surface area contributed by atoms with Gasteiger partial charge in [0.1, 0.15) is 5.76 Å². The van der Waals surface area contributed by atoms with Crippen LogP contribution in [0.1, 0.15) is 42.2 Å². The van der Waals surface area contributed by atoms with Gasteiger partial charge in [0.2, 0.25) is 0 Å². The van der Waals surface area contributed by atoms with Gasteiger partial charge in [0.05, 0.1) is 18.6 Å². The zero-order valence-electron chi connectivity index (χ0n) is 18.6. The van der Waals surface area contributed by atoms with Crippen LogP contribution in [0.4, 0.5) is 0 Å². The van der Waals surface area contributed by atoms with Crippen LogP contribution in [0.25, 0.3) is 0 Å². The SMILES string of the molecule is CN=C(NCc1cccc(Cn2ccnc2)c1)NCC(c1ccco1)N1CCCCC1.I. The largest absolute Gasteiger partial charge is 0.468 e. The van der Waals surface area contributed by atoms with Crippen molar-refractivity contribution in [2.45, 2.75) is 38.4 Å². The Morgan fingerprint density at radius 2 is 1.97 bits per heavy atom. The minimum atomic E-state index is 0. The summed E-state index contributed by atoms with van der Waals surface area (Å²) in [7, 11) is 1.81. The van der Waals surface area contributed by atoms with Gasteiger partial charge in [0.15, 0.2) is 5.96 Å². The van der Waals surface area contributed by atoms with Crippen molar-refractivity contribution in [1.29, 1.82) is 0 Å². The number of nitrogens with zero attached hydrogens (tertiary/aromatic N) is 4. The third kappa shape index (κ3) is 6.83. The Morgan fingerprint density at radius 3 is 2.69 bits per heavy atom. The summed E-state index contributed by atoms with van der Waals surface area (Å²) in [6.45, 7) is 4.52. The molecule has 3 heterocycles. The van der Waals surface area contributed by atoms with E-state index in [9.17, 15) is 0 Å². The van der Waals surface area contributed by atoms with E-state index in [1.54, 1.807) is 12.5 Å². The summed E-state index contributed by atoms with van der Waals surface area (Å²) in [5.41, 5.74) is 2.47. The Labute approximate surface area is 207 Å². The molecule has 0 aliphatic carbocycles. The van der Waals surface area contributed by atoms with Gasteiger partial charge in [-0.2, -0.15) is 0 Å². The number of piperidine rings is 1. The van der Waals surface area contributed by atoms with E-state index in [0.717, 1.165) is 37.9 Å². The van der Waals surface area contributed by atoms with Crippen molar-refractivity contribution >= 4 is 29.9 Å². The number of aliphatic imine (C=N–C) groups is 1. The van der Waals surface area contributed by atoms with E-state index in [2.05, 4.69) is 60.4 Å². The number of likely N-dealkylation sites (tertiary alicyclic amines) is 1. The zero-order chi connectivity index (χ0) is 21.3. The number of aromatic nitrogens is 2. The molecule has 3 aromatic rings. The molecule has 0 saturated carbocycles. The molecule has 0 spiro atoms. The monoisotopic (exact) mass is 548 g/mol. The van der Waals surface area contributed by atoms with Gasteiger partial charge in [-0.15, -0.1) is 24.0 Å². The van der Waals surface area contributed by atoms with Crippen LogP contribution in [-0.4, -0.2) is 47.1 Å². The molecule has 1 saturated heterocycles. The second-order valence-electron chi connectivity index (χ2n) is 7.99. The van der Waals surface area contributed by atoms with E-state index in [-0.39, 0.29) is 30.0 Å². The quantitative estimate of drug-likeness (QED) is 0.253. The van der Waals surface area contributed by atoms with Crippen LogP contribution in [0.5, 0.6) is 0 Å². The molecule has 2 aromatic heterocycles. The molecule has 0 bridgehead atoms. The average Bonchev–Trinajstić information content (AvgIpc) is 3.52. The fourth-order valence-electron chi connectivity index (χ4n) is 4.15. The molecule has 1 aliphatic heterocycles. The summed E-state index contributed by atoms with van der Waals surface area (Å²) in [6, 6.07) is 12.9. The number of hydrogen-bond donors (Lipinski definition) is 2. The highest BCUT2D eigenvalue weighted by Gasteiger charge is 2.24. The Balaban J connectivity index is 0.00000289. The highest BCUT2D eigenvalue weighted by Crippen LogP contribution is 2.24. The maximum Gasteiger partial charge on any atom is 0.191 e. The van der Waals surface area contributed by atoms with Gasteiger partial charge < -0.3 is 19.6 Å². The zero-order valence-corrected chi connectivity index (χ0v) is 20.9. The van der Waals surface area contributed by atoms with Crippen molar-refractivity contribution in [3.05, 3.63) is 78.3 Å². The summed E-state index contributed by atoms with van der Waals surface area (Å²) in [6.07, 6.45) is 11.2. The Hall–Kier alpha value is -2.33. The summed E-state index contributed by atoms with van der Waals surface area (Å²) >= 11 is 0. The normalized spacial score (nSPS) is 15.7. The topological polar surface area (TPSA) is 70.6 Å². The molecule has 32 heavy (non-hydrogen) atoms. The van der Waals surface area contributed by atoms with Crippen LogP contribution in [0, 0.1) is 0 Å². The van der Waals surface area contributed by atoms with Crippen LogP contribution in [0.2, 0.25) is 0 Å². The third-order valence-corrected chi connectivity index (χ3v) is 5.77. The molecule has 0 amide bonds. The van der Waals surface area contributed by atoms with Gasteiger partial charge in [-0.25, -0.2) is 4.98 Å². The highest BCUT2D eigenvalue weighted by atomic mass is 127. The molecule has 172 valence electrons. The molecule has 1 unspecified atom stereocenters. The van der Waals surface area contributed by atoms with Gasteiger partial charge in [0.25, 0.3) is 0 Å². The van der Waals surface area contributed by atoms with Crippen molar-refractivity contribution in [2.24, 2.45) is 4.99 Å². The summed E-state index contributed by atoms with van der Waals surface area (Å²) in [5, 5.41) is 6.95. The first-order valence-corrected chi connectivity index (χ1v) is 11.1. The molecular formula is C24H33IN6O. The predicted octanol–water partition coefficient (Wildman–Crippen LogP) is 4.03. The number of imidazole rings is 1. The lowest BCUT2D eigenvalue weighted by atomic mass is 10.1. The summed E-state index contributed by atoms with van der Waals surface area (Å²) in [4.78, 5) is 11.0. The molecule has 0 radical (unpaired) electrons. The van der Waals surface area contributed by atoms with E-state index in [1.807, 2.05) is 25.6 Å². The molecule has 1 aromatic carbocycles. The third-order valence-electron chi connectivity index (χ3n) is 5.77. The lowest BCUT2D eigenvalue weighted by Crippen LogP contribution is -2.44. The molecule has 8 heteroatoms. The van der Waals surface area contributed by atoms with E-state index in [1.165, 1.54) is 30.4 Å². The number of halogens is 1. The van der Waals surface area contributed by atoms with Crippen molar-refractivity contribution < 1.29 is 4.42 Å². The Morgan fingerprint density at radius 1 is 1.12 bits per heavy atom. The van der Waals surface area contributed by atoms with Crippen LogP contribution in [-0.2, 0) is 13.1 Å². The Kier molecular flexibility index (Phi) is 9.61. The van der Waals surface area contributed by atoms with Crippen LogP contribution >= 0.6 is 24.0 Å². The standard InChI is InChI=1S/C24H32N6O.HI/c1-25-24(27-16-20-7-5-8-21(15-20)18-29-13-10-26-19-29)28-17-22(23-9-6-14-31-23)30-11-3-2-4-12-30;/h5-10,13-15,19,22H,2-4,11-12,16-18H2,1H3,(H2,25,27,28);1H. The van der Waals surface area contributed by atoms with Gasteiger partial charge in [-0.3, -0.25) is 9.89 Å². The molecule has 1 atom stereocenters. The van der Waals surface area contributed by atoms with Crippen molar-refractivity contribution in [1.82, 2.24) is 25.1 Å². The molecule has 4 rings (SSSR count). The van der Waals surface area contributed by atoms with Gasteiger partial charge >= 0.3 is 0 Å². The first-order valence-electron chi connectivity index (χ1n) is 11.1. The second kappa shape index (κ2) is 12.6.